The number of nitrogens with two attached hydrogens (primary N) is 1. The van der Waals surface area contributed by atoms with Crippen LogP contribution in [0, 0.1) is 0 Å². The molecule has 2 nitrogen and oxygen atoms in total. The molecule has 60 valence electrons. The summed E-state index contributed by atoms with van der Waals surface area (Å²) in [5, 5.41) is 0. The fourth-order valence-corrected chi connectivity index (χ4v) is 1.32. The Morgan fingerprint density at radius 1 is 1.70 bits per heavy atom. The predicted octanol–water partition coefficient (Wildman–Crippen LogP) is 1.29. The van der Waals surface area contributed by atoms with Gasteiger partial charge in [0.05, 0.1) is 6.10 Å². The summed E-state index contributed by atoms with van der Waals surface area (Å²) >= 11 is 0. The average Bonchev–Trinajstić information content (AvgIpc) is 2.34. The minimum atomic E-state index is 0.337. The summed E-state index contributed by atoms with van der Waals surface area (Å²) in [6, 6.07) is 0.337. The van der Waals surface area contributed by atoms with E-state index in [0.29, 0.717) is 12.1 Å². The lowest BCUT2D eigenvalue weighted by Crippen LogP contribution is -2.17. The van der Waals surface area contributed by atoms with Gasteiger partial charge in [0.2, 0.25) is 0 Å². The fourth-order valence-electron chi connectivity index (χ4n) is 1.32. The number of rotatable bonds is 3. The second-order valence-corrected chi connectivity index (χ2v) is 3.19. The van der Waals surface area contributed by atoms with Crippen LogP contribution < -0.4 is 5.73 Å². The third kappa shape index (κ3) is 2.67. The van der Waals surface area contributed by atoms with E-state index in [-0.39, 0.29) is 0 Å². The quantitative estimate of drug-likeness (QED) is 0.646. The van der Waals surface area contributed by atoms with Crippen molar-refractivity contribution in [3.63, 3.8) is 0 Å². The largest absolute Gasteiger partial charge is 0.378 e. The van der Waals surface area contributed by atoms with E-state index in [0.717, 1.165) is 19.4 Å². The molecule has 1 heterocycles. The zero-order chi connectivity index (χ0) is 7.40. The third-order valence-corrected chi connectivity index (χ3v) is 1.97. The summed E-state index contributed by atoms with van der Waals surface area (Å²) < 4.78 is 5.45. The smallest absolute Gasteiger partial charge is 0.0576 e. The highest BCUT2D eigenvalue weighted by Gasteiger charge is 2.14. The Morgan fingerprint density at radius 2 is 2.50 bits per heavy atom. The Bertz CT molecular complexity index is 87.3. The fraction of sp³-hybridized carbons (Fsp3) is 1.00. The van der Waals surface area contributed by atoms with Crippen molar-refractivity contribution >= 4 is 0 Å². The van der Waals surface area contributed by atoms with Crippen molar-refractivity contribution in [1.29, 1.82) is 0 Å². The molecular weight excluding hydrogens is 126 g/mol. The van der Waals surface area contributed by atoms with E-state index in [1.54, 1.807) is 0 Å². The van der Waals surface area contributed by atoms with Crippen LogP contribution in [0.1, 0.15) is 32.6 Å². The van der Waals surface area contributed by atoms with Gasteiger partial charge in [-0.25, -0.2) is 0 Å². The molecule has 0 spiro atoms. The SMILES string of the molecule is C[C@@H](N)CC[C@@H]1CCCO1. The maximum absolute atomic E-state index is 5.61. The molecule has 2 atom stereocenters. The Labute approximate surface area is 62.7 Å². The monoisotopic (exact) mass is 143 g/mol. The highest BCUT2D eigenvalue weighted by atomic mass is 16.5. The first-order chi connectivity index (χ1) is 4.79. The van der Waals surface area contributed by atoms with E-state index in [1.807, 2.05) is 0 Å². The van der Waals surface area contributed by atoms with Gasteiger partial charge in [0.15, 0.2) is 0 Å². The lowest BCUT2D eigenvalue weighted by atomic mass is 10.1. The van der Waals surface area contributed by atoms with Crippen molar-refractivity contribution < 1.29 is 4.74 Å². The number of ether oxygens (including phenoxy) is 1. The molecule has 0 aromatic heterocycles. The van der Waals surface area contributed by atoms with Gasteiger partial charge in [-0.05, 0) is 32.6 Å². The predicted molar refractivity (Wildman–Crippen MR) is 41.9 cm³/mol. The van der Waals surface area contributed by atoms with Crippen molar-refractivity contribution in [2.24, 2.45) is 5.73 Å². The van der Waals surface area contributed by atoms with Gasteiger partial charge in [-0.2, -0.15) is 0 Å². The topological polar surface area (TPSA) is 35.2 Å². The molecule has 1 aliphatic rings. The molecule has 0 amide bonds. The van der Waals surface area contributed by atoms with Crippen LogP contribution in [0.5, 0.6) is 0 Å². The van der Waals surface area contributed by atoms with Crippen LogP contribution in [0.15, 0.2) is 0 Å². The molecule has 0 bridgehead atoms. The van der Waals surface area contributed by atoms with Crippen LogP contribution in [-0.2, 0) is 4.74 Å². The van der Waals surface area contributed by atoms with E-state index in [4.69, 9.17) is 10.5 Å². The zero-order valence-corrected chi connectivity index (χ0v) is 6.68. The Hall–Kier alpha value is -0.0800. The molecule has 0 aliphatic carbocycles. The van der Waals surface area contributed by atoms with Crippen molar-refractivity contribution in [1.82, 2.24) is 0 Å². The van der Waals surface area contributed by atoms with Crippen molar-refractivity contribution in [2.45, 2.75) is 44.8 Å². The van der Waals surface area contributed by atoms with Gasteiger partial charge in [-0.3, -0.25) is 0 Å². The first-order valence-electron chi connectivity index (χ1n) is 4.16. The van der Waals surface area contributed by atoms with E-state index < -0.39 is 0 Å². The van der Waals surface area contributed by atoms with Gasteiger partial charge in [-0.1, -0.05) is 0 Å². The number of hydrogen-bond donors (Lipinski definition) is 1. The average molecular weight is 143 g/mol. The number of hydrogen-bond acceptors (Lipinski definition) is 2. The highest BCUT2D eigenvalue weighted by molar-refractivity contribution is 4.66. The van der Waals surface area contributed by atoms with Gasteiger partial charge in [0.25, 0.3) is 0 Å². The summed E-state index contributed by atoms with van der Waals surface area (Å²) in [5.41, 5.74) is 5.61. The maximum atomic E-state index is 5.61. The molecule has 0 aromatic rings. The summed E-state index contributed by atoms with van der Waals surface area (Å²) in [5.74, 6) is 0. The summed E-state index contributed by atoms with van der Waals surface area (Å²) in [6.45, 7) is 3.01. The molecule has 0 radical (unpaired) electrons. The van der Waals surface area contributed by atoms with Crippen LogP contribution in [0.4, 0.5) is 0 Å². The van der Waals surface area contributed by atoms with Gasteiger partial charge in [0, 0.05) is 12.6 Å². The van der Waals surface area contributed by atoms with E-state index in [2.05, 4.69) is 6.92 Å². The molecule has 2 N–H and O–H groups in total. The molecule has 0 aromatic carbocycles. The normalized spacial score (nSPS) is 28.8. The van der Waals surface area contributed by atoms with Crippen LogP contribution in [0.25, 0.3) is 0 Å². The van der Waals surface area contributed by atoms with E-state index in [1.165, 1.54) is 12.8 Å². The minimum absolute atomic E-state index is 0.337. The molecule has 10 heavy (non-hydrogen) atoms. The van der Waals surface area contributed by atoms with Gasteiger partial charge < -0.3 is 10.5 Å². The van der Waals surface area contributed by atoms with Crippen molar-refractivity contribution in [3.05, 3.63) is 0 Å². The first kappa shape index (κ1) is 8.02. The molecule has 1 saturated heterocycles. The Kier molecular flexibility index (Phi) is 3.16. The molecule has 1 fully saturated rings. The first-order valence-corrected chi connectivity index (χ1v) is 4.16. The second-order valence-electron chi connectivity index (χ2n) is 3.19. The molecule has 0 saturated carbocycles. The maximum Gasteiger partial charge on any atom is 0.0576 e. The van der Waals surface area contributed by atoms with Gasteiger partial charge >= 0.3 is 0 Å². The summed E-state index contributed by atoms with van der Waals surface area (Å²) in [6.07, 6.45) is 5.25. The minimum Gasteiger partial charge on any atom is -0.378 e. The highest BCUT2D eigenvalue weighted by Crippen LogP contribution is 2.16. The standard InChI is InChI=1S/C8H17NO/c1-7(9)4-5-8-3-2-6-10-8/h7-8H,2-6,9H2,1H3/t7-,8+/m1/s1. The third-order valence-electron chi connectivity index (χ3n) is 1.97. The van der Waals surface area contributed by atoms with Crippen LogP contribution in [-0.4, -0.2) is 18.8 Å². The summed E-state index contributed by atoms with van der Waals surface area (Å²) in [7, 11) is 0. The molecular formula is C8H17NO. The van der Waals surface area contributed by atoms with Gasteiger partial charge in [-0.15, -0.1) is 0 Å². The van der Waals surface area contributed by atoms with Crippen LogP contribution in [0.3, 0.4) is 0 Å². The molecule has 2 heteroatoms. The van der Waals surface area contributed by atoms with E-state index >= 15 is 0 Å². The van der Waals surface area contributed by atoms with Crippen molar-refractivity contribution in [3.8, 4) is 0 Å². The van der Waals surface area contributed by atoms with Crippen LogP contribution in [0.2, 0.25) is 0 Å². The molecule has 1 rings (SSSR count). The summed E-state index contributed by atoms with van der Waals surface area (Å²) in [4.78, 5) is 0. The lowest BCUT2D eigenvalue weighted by molar-refractivity contribution is 0.101. The van der Waals surface area contributed by atoms with Gasteiger partial charge in [0.1, 0.15) is 0 Å². The molecule has 0 unspecified atom stereocenters. The van der Waals surface area contributed by atoms with Crippen molar-refractivity contribution in [2.75, 3.05) is 6.61 Å². The lowest BCUT2D eigenvalue weighted by Gasteiger charge is -2.10. The second kappa shape index (κ2) is 3.94. The van der Waals surface area contributed by atoms with Crippen LogP contribution >= 0.6 is 0 Å². The molecule has 1 aliphatic heterocycles. The zero-order valence-electron chi connectivity index (χ0n) is 6.68. The Morgan fingerprint density at radius 3 is 3.00 bits per heavy atom. The Balaban J connectivity index is 2.01. The van der Waals surface area contributed by atoms with E-state index in [9.17, 15) is 0 Å².